The second-order valence-corrected chi connectivity index (χ2v) is 16.2. The Morgan fingerprint density at radius 1 is 0.410 bits per heavy atom. The lowest BCUT2D eigenvalue weighted by atomic mass is 9.65. The van der Waals surface area contributed by atoms with Gasteiger partial charge in [0, 0.05) is 27.9 Å². The molecule has 2 aromatic heterocycles. The van der Waals surface area contributed by atoms with E-state index in [4.69, 9.17) is 9.97 Å². The summed E-state index contributed by atoms with van der Waals surface area (Å²) in [4.78, 5) is 10.4. The van der Waals surface area contributed by atoms with Crippen LogP contribution in [0.2, 0.25) is 0 Å². The molecule has 0 saturated carbocycles. The van der Waals surface area contributed by atoms with Gasteiger partial charge in [0.25, 0.3) is 0 Å². The van der Waals surface area contributed by atoms with Crippen LogP contribution < -0.4 is 0 Å². The Balaban J connectivity index is 1.14. The Kier molecular flexibility index (Phi) is 9.77. The number of hydrogen-bond donors (Lipinski definition) is 0. The summed E-state index contributed by atoms with van der Waals surface area (Å²) in [6, 6.07) is 70.0. The number of benzene rings is 8. The quantitative estimate of drug-likeness (QED) is 0.138. The first-order valence-electron chi connectivity index (χ1n) is 21.5. The molecule has 0 fully saturated rings. The van der Waals surface area contributed by atoms with Gasteiger partial charge < -0.3 is 0 Å². The van der Waals surface area contributed by atoms with E-state index in [0.29, 0.717) is 0 Å². The van der Waals surface area contributed by atoms with Crippen molar-refractivity contribution in [1.82, 2.24) is 19.1 Å². The van der Waals surface area contributed by atoms with Gasteiger partial charge in [-0.05, 0) is 109 Å². The molecule has 61 heavy (non-hydrogen) atoms. The topological polar surface area (TPSA) is 35.6 Å². The lowest BCUT2D eigenvalue weighted by molar-refractivity contribution is 0.480. The molecule has 0 aliphatic heterocycles. The van der Waals surface area contributed by atoms with E-state index in [1.165, 1.54) is 44.5 Å². The van der Waals surface area contributed by atoms with E-state index in [1.54, 1.807) is 0 Å². The van der Waals surface area contributed by atoms with Crippen LogP contribution in [0.25, 0.3) is 78.5 Å². The van der Waals surface area contributed by atoms with Crippen molar-refractivity contribution in [3.63, 3.8) is 0 Å². The molecule has 10 rings (SSSR count). The Labute approximate surface area is 358 Å². The van der Waals surface area contributed by atoms with Crippen molar-refractivity contribution in [2.24, 2.45) is 0 Å². The van der Waals surface area contributed by atoms with Crippen molar-refractivity contribution in [3.8, 4) is 56.4 Å². The number of aromatic nitrogens is 4. The summed E-state index contributed by atoms with van der Waals surface area (Å²) >= 11 is 0. The second kappa shape index (κ2) is 15.7. The number of imidazole rings is 2. The summed E-state index contributed by atoms with van der Waals surface area (Å²) in [6.07, 6.45) is 1.91. The van der Waals surface area contributed by atoms with Gasteiger partial charge in [-0.3, -0.25) is 9.13 Å². The lowest BCUT2D eigenvalue weighted by Crippen LogP contribution is -2.28. The molecular formula is C57H48N4. The molecule has 10 aromatic rings. The minimum Gasteiger partial charge on any atom is -0.292 e. The Morgan fingerprint density at radius 2 is 0.803 bits per heavy atom. The number of para-hydroxylation sites is 6. The molecule has 0 bridgehead atoms. The van der Waals surface area contributed by atoms with Crippen LogP contribution in [0, 0.1) is 13.8 Å². The van der Waals surface area contributed by atoms with Crippen LogP contribution in [0.15, 0.2) is 194 Å². The molecule has 8 aromatic carbocycles. The summed E-state index contributed by atoms with van der Waals surface area (Å²) in [5.41, 5.74) is 18.4. The van der Waals surface area contributed by atoms with E-state index in [2.05, 4.69) is 231 Å². The van der Waals surface area contributed by atoms with Gasteiger partial charge in [-0.25, -0.2) is 9.97 Å². The van der Waals surface area contributed by atoms with E-state index in [1.807, 2.05) is 0 Å². The molecular weight excluding hydrogens is 741 g/mol. The molecule has 0 radical (unpaired) electrons. The molecule has 0 aliphatic carbocycles. The normalized spacial score (nSPS) is 11.7. The highest BCUT2D eigenvalue weighted by atomic mass is 15.1. The van der Waals surface area contributed by atoms with Gasteiger partial charge in [0.1, 0.15) is 11.6 Å². The maximum atomic E-state index is 5.18. The smallest absolute Gasteiger partial charge is 0.145 e. The van der Waals surface area contributed by atoms with Crippen LogP contribution >= 0.6 is 0 Å². The van der Waals surface area contributed by atoms with Gasteiger partial charge in [0.2, 0.25) is 0 Å². The zero-order chi connectivity index (χ0) is 41.5. The SMILES string of the molecule is CCC(CC)(c1cc(C)cc(C)c1)c1c(-c2ccc(-c3nc4ccccc4n3-c3ccccc3)cc2)cccc1-c1ccc(-c2nc3ccccc3n2-c2ccccc2)cc1. The zero-order valence-electron chi connectivity index (χ0n) is 35.2. The third-order valence-electron chi connectivity index (χ3n) is 12.6. The largest absolute Gasteiger partial charge is 0.292 e. The number of aryl methyl sites for hydroxylation is 2. The Bertz CT molecular complexity index is 2950. The molecule has 0 saturated heterocycles. The number of fused-ring (bicyclic) bond motifs is 2. The molecule has 0 spiro atoms. The fourth-order valence-corrected chi connectivity index (χ4v) is 9.67. The predicted octanol–water partition coefficient (Wildman–Crippen LogP) is 14.8. The number of nitrogens with zero attached hydrogens (tertiary/aromatic N) is 4. The van der Waals surface area contributed by atoms with Gasteiger partial charge in [0.15, 0.2) is 0 Å². The summed E-state index contributed by atoms with van der Waals surface area (Å²) in [5.74, 6) is 1.86. The monoisotopic (exact) mass is 788 g/mol. The highest BCUT2D eigenvalue weighted by molar-refractivity contribution is 5.87. The summed E-state index contributed by atoms with van der Waals surface area (Å²) in [5, 5.41) is 0. The van der Waals surface area contributed by atoms with Crippen molar-refractivity contribution >= 4 is 22.1 Å². The molecule has 4 nitrogen and oxygen atoms in total. The van der Waals surface area contributed by atoms with Crippen LogP contribution in [0.3, 0.4) is 0 Å². The van der Waals surface area contributed by atoms with E-state index in [0.717, 1.165) is 69.1 Å². The minimum atomic E-state index is -0.247. The highest BCUT2D eigenvalue weighted by Crippen LogP contribution is 2.49. The maximum Gasteiger partial charge on any atom is 0.145 e. The van der Waals surface area contributed by atoms with Gasteiger partial charge in [-0.2, -0.15) is 0 Å². The van der Waals surface area contributed by atoms with Crippen molar-refractivity contribution in [1.29, 1.82) is 0 Å². The average Bonchev–Trinajstić information content (AvgIpc) is 3.90. The fourth-order valence-electron chi connectivity index (χ4n) is 9.67. The first-order valence-corrected chi connectivity index (χ1v) is 21.5. The molecule has 0 unspecified atom stereocenters. The minimum absolute atomic E-state index is 0.247. The van der Waals surface area contributed by atoms with Gasteiger partial charge >= 0.3 is 0 Å². The third kappa shape index (κ3) is 6.65. The highest BCUT2D eigenvalue weighted by Gasteiger charge is 2.36. The average molecular weight is 789 g/mol. The van der Waals surface area contributed by atoms with Crippen molar-refractivity contribution in [3.05, 3.63) is 216 Å². The lowest BCUT2D eigenvalue weighted by Gasteiger charge is -2.37. The Hall–Kier alpha value is -7.30. The molecule has 0 atom stereocenters. The number of hydrogen-bond acceptors (Lipinski definition) is 2. The predicted molar refractivity (Wildman–Crippen MR) is 255 cm³/mol. The standard InChI is InChI=1S/C57H48N4/c1-5-57(6-2,45-37-39(3)36-40(4)38-45)54-48(41-28-32-43(33-29-41)55-58-50-24-13-15-26-52(50)60(55)46-18-9-7-10-19-46)22-17-23-49(54)42-30-34-44(35-31-42)56-59-51-25-14-16-27-53(51)61(56)47-20-11-8-12-21-47/h7-38H,5-6H2,1-4H3. The second-order valence-electron chi connectivity index (χ2n) is 16.2. The van der Waals surface area contributed by atoms with Crippen LogP contribution in [0.4, 0.5) is 0 Å². The van der Waals surface area contributed by atoms with Gasteiger partial charge in [0.05, 0.1) is 22.1 Å². The van der Waals surface area contributed by atoms with Crippen molar-refractivity contribution < 1.29 is 0 Å². The van der Waals surface area contributed by atoms with Crippen molar-refractivity contribution in [2.75, 3.05) is 0 Å². The maximum absolute atomic E-state index is 5.18. The van der Waals surface area contributed by atoms with Crippen molar-refractivity contribution in [2.45, 2.75) is 46.0 Å². The molecule has 2 heterocycles. The fraction of sp³-hybridized carbons (Fsp3) is 0.123. The zero-order valence-corrected chi connectivity index (χ0v) is 35.2. The third-order valence-corrected chi connectivity index (χ3v) is 12.6. The van der Waals surface area contributed by atoms with E-state index < -0.39 is 0 Å². The first kappa shape index (κ1) is 37.9. The summed E-state index contributed by atoms with van der Waals surface area (Å²) in [6.45, 7) is 9.16. The molecule has 0 amide bonds. The number of rotatable bonds is 10. The van der Waals surface area contributed by atoms with Gasteiger partial charge in [-0.15, -0.1) is 0 Å². The van der Waals surface area contributed by atoms with E-state index in [9.17, 15) is 0 Å². The van der Waals surface area contributed by atoms with Crippen LogP contribution in [-0.4, -0.2) is 19.1 Å². The Morgan fingerprint density at radius 3 is 1.23 bits per heavy atom. The molecule has 0 N–H and O–H groups in total. The van der Waals surface area contributed by atoms with Crippen LogP contribution in [-0.2, 0) is 5.41 Å². The molecule has 4 heteroatoms. The summed E-state index contributed by atoms with van der Waals surface area (Å²) < 4.78 is 4.54. The molecule has 0 aliphatic rings. The van der Waals surface area contributed by atoms with E-state index >= 15 is 0 Å². The summed E-state index contributed by atoms with van der Waals surface area (Å²) in [7, 11) is 0. The molecule has 296 valence electrons. The van der Waals surface area contributed by atoms with Crippen LogP contribution in [0.1, 0.15) is 48.9 Å². The van der Waals surface area contributed by atoms with E-state index in [-0.39, 0.29) is 5.41 Å². The van der Waals surface area contributed by atoms with Gasteiger partial charge in [-0.1, -0.05) is 171 Å². The van der Waals surface area contributed by atoms with Crippen LogP contribution in [0.5, 0.6) is 0 Å². The first-order chi connectivity index (χ1) is 30.0.